The van der Waals surface area contributed by atoms with Gasteiger partial charge in [0.25, 0.3) is 0 Å². The second kappa shape index (κ2) is 6.25. The first-order valence-corrected chi connectivity index (χ1v) is 7.35. The number of rotatable bonds is 5. The van der Waals surface area contributed by atoms with Crippen molar-refractivity contribution in [3.8, 4) is 0 Å². The number of sulfonamides is 1. The first-order valence-electron chi connectivity index (χ1n) is 5.86. The van der Waals surface area contributed by atoms with E-state index in [0.29, 0.717) is 0 Å². The first-order chi connectivity index (χ1) is 9.05. The second-order valence-corrected chi connectivity index (χ2v) is 6.33. The Kier molecular flexibility index (Phi) is 5.36. The minimum Gasteiger partial charge on any atom is -0.369 e. The molecule has 0 heterocycles. The fourth-order valence-corrected chi connectivity index (χ4v) is 2.56. The van der Waals surface area contributed by atoms with Crippen LogP contribution in [0.25, 0.3) is 0 Å². The molecule has 116 valence electrons. The maximum atomic E-state index is 12.2. The molecule has 1 aliphatic rings. The highest BCUT2D eigenvalue weighted by molar-refractivity contribution is 7.93. The Hall–Kier alpha value is -0.900. The van der Waals surface area contributed by atoms with E-state index < -0.39 is 40.9 Å². The van der Waals surface area contributed by atoms with Crippen molar-refractivity contribution in [3.05, 3.63) is 23.1 Å². The van der Waals surface area contributed by atoms with E-state index in [1.165, 1.54) is 32.2 Å². The van der Waals surface area contributed by atoms with Gasteiger partial charge in [0, 0.05) is 0 Å². The lowest BCUT2D eigenvalue weighted by Crippen LogP contribution is -2.39. The molecular weight excluding hydrogens is 297 g/mol. The number of hydrogen-bond acceptors (Lipinski definition) is 4. The quantitative estimate of drug-likeness (QED) is 0.794. The maximum Gasteiger partial charge on any atom is 0.391 e. The summed E-state index contributed by atoms with van der Waals surface area (Å²) in [5.41, 5.74) is 5.71. The lowest BCUT2D eigenvalue weighted by atomic mass is 10.1. The van der Waals surface area contributed by atoms with Crippen molar-refractivity contribution in [2.24, 2.45) is 5.73 Å². The second-order valence-electron chi connectivity index (χ2n) is 4.44. The van der Waals surface area contributed by atoms with Gasteiger partial charge < -0.3 is 10.5 Å². The van der Waals surface area contributed by atoms with E-state index in [1.807, 2.05) is 0 Å². The van der Waals surface area contributed by atoms with Gasteiger partial charge in [0.2, 0.25) is 10.0 Å². The van der Waals surface area contributed by atoms with Crippen LogP contribution in [0.1, 0.15) is 13.3 Å². The summed E-state index contributed by atoms with van der Waals surface area (Å²) >= 11 is 0. The highest BCUT2D eigenvalue weighted by Gasteiger charge is 2.32. The molecule has 3 atom stereocenters. The molecule has 1 rings (SSSR count). The fraction of sp³-hybridized carbons (Fsp3) is 0.636. The maximum absolute atomic E-state index is 12.2. The largest absolute Gasteiger partial charge is 0.391 e. The number of ether oxygens (including phenoxy) is 1. The monoisotopic (exact) mass is 314 g/mol. The van der Waals surface area contributed by atoms with Crippen molar-refractivity contribution >= 4 is 10.0 Å². The number of nitrogens with two attached hydrogens (primary N) is 1. The van der Waals surface area contributed by atoms with Crippen molar-refractivity contribution in [2.45, 2.75) is 37.8 Å². The minimum absolute atomic E-state index is 0.0316. The van der Waals surface area contributed by atoms with Gasteiger partial charge >= 0.3 is 6.18 Å². The van der Waals surface area contributed by atoms with Crippen molar-refractivity contribution in [1.82, 2.24) is 4.72 Å². The number of halogens is 3. The summed E-state index contributed by atoms with van der Waals surface area (Å²) in [6.45, 7) is 1.29. The molecule has 0 saturated carbocycles. The first kappa shape index (κ1) is 17.2. The molecule has 20 heavy (non-hydrogen) atoms. The predicted octanol–water partition coefficient (Wildman–Crippen LogP) is 1.04. The average Bonchev–Trinajstić information content (AvgIpc) is 2.29. The van der Waals surface area contributed by atoms with E-state index in [0.717, 1.165) is 0 Å². The number of nitrogens with one attached hydrogen (secondary N) is 1. The molecule has 0 radical (unpaired) electrons. The van der Waals surface area contributed by atoms with Gasteiger partial charge in [-0.25, -0.2) is 13.1 Å². The summed E-state index contributed by atoms with van der Waals surface area (Å²) < 4.78 is 67.0. The van der Waals surface area contributed by atoms with Crippen LogP contribution in [-0.2, 0) is 14.8 Å². The normalized spacial score (nSPS) is 25.4. The average molecular weight is 314 g/mol. The number of hydrogen-bond donors (Lipinski definition) is 2. The third-order valence-electron chi connectivity index (χ3n) is 2.67. The molecule has 0 aromatic carbocycles. The van der Waals surface area contributed by atoms with Crippen LogP contribution in [0.4, 0.5) is 13.2 Å². The van der Waals surface area contributed by atoms with Crippen LogP contribution in [0.5, 0.6) is 0 Å². The van der Waals surface area contributed by atoms with Crippen LogP contribution < -0.4 is 10.5 Å². The van der Waals surface area contributed by atoms with Crippen LogP contribution in [0.2, 0.25) is 0 Å². The highest BCUT2D eigenvalue weighted by atomic mass is 32.2. The van der Waals surface area contributed by atoms with E-state index in [9.17, 15) is 21.6 Å². The lowest BCUT2D eigenvalue weighted by Gasteiger charge is -2.26. The third kappa shape index (κ3) is 4.89. The van der Waals surface area contributed by atoms with Gasteiger partial charge in [0.1, 0.15) is 0 Å². The third-order valence-corrected chi connectivity index (χ3v) is 4.10. The molecule has 9 heteroatoms. The van der Waals surface area contributed by atoms with Gasteiger partial charge in [-0.1, -0.05) is 6.08 Å². The summed E-state index contributed by atoms with van der Waals surface area (Å²) in [7, 11) is -2.37. The Morgan fingerprint density at radius 2 is 2.10 bits per heavy atom. The van der Waals surface area contributed by atoms with Crippen molar-refractivity contribution in [3.63, 3.8) is 0 Å². The van der Waals surface area contributed by atoms with Gasteiger partial charge in [0.05, 0.1) is 29.6 Å². The van der Waals surface area contributed by atoms with Crippen LogP contribution in [0.15, 0.2) is 23.1 Å². The van der Waals surface area contributed by atoms with E-state index in [2.05, 4.69) is 4.72 Å². The summed E-state index contributed by atoms with van der Waals surface area (Å²) in [5.74, 6) is 0. The van der Waals surface area contributed by atoms with Crippen LogP contribution in [0.3, 0.4) is 0 Å². The van der Waals surface area contributed by atoms with E-state index >= 15 is 0 Å². The molecule has 0 bridgehead atoms. The number of alkyl halides is 3. The van der Waals surface area contributed by atoms with Crippen LogP contribution >= 0.6 is 0 Å². The number of allylic oxidation sites excluding steroid dienone is 1. The molecule has 0 fully saturated rings. The van der Waals surface area contributed by atoms with Gasteiger partial charge in [-0.2, -0.15) is 13.2 Å². The molecule has 0 saturated heterocycles. The standard InChI is InChI=1S/C11H17F3N2O3S/c1-7(6-11(12,13)14)19-10-4-3-8(5-9(10)15)20(17,18)16-2/h3-5,7,9-10,16H,6,15H2,1-2H3. The molecule has 3 N–H and O–H groups in total. The molecule has 1 aliphatic carbocycles. The predicted molar refractivity (Wildman–Crippen MR) is 68.2 cm³/mol. The Morgan fingerprint density at radius 3 is 2.55 bits per heavy atom. The van der Waals surface area contributed by atoms with Gasteiger partial charge in [-0.3, -0.25) is 0 Å². The van der Waals surface area contributed by atoms with Crippen LogP contribution in [-0.4, -0.2) is 39.9 Å². The molecule has 0 amide bonds. The zero-order valence-corrected chi connectivity index (χ0v) is 11.8. The van der Waals surface area contributed by atoms with Crippen LogP contribution in [0, 0.1) is 0 Å². The summed E-state index contributed by atoms with van der Waals surface area (Å²) in [6, 6.07) is -0.825. The molecular formula is C11H17F3N2O3S. The zero-order valence-electron chi connectivity index (χ0n) is 11.0. The van der Waals surface area contributed by atoms with Gasteiger partial charge in [0.15, 0.2) is 0 Å². The molecule has 5 nitrogen and oxygen atoms in total. The highest BCUT2D eigenvalue weighted by Crippen LogP contribution is 2.25. The summed E-state index contributed by atoms with van der Waals surface area (Å²) in [4.78, 5) is -0.0316. The van der Waals surface area contributed by atoms with E-state index in [-0.39, 0.29) is 4.91 Å². The molecule has 0 aromatic rings. The Bertz CT molecular complexity index is 500. The zero-order chi connectivity index (χ0) is 15.6. The van der Waals surface area contributed by atoms with E-state index in [4.69, 9.17) is 10.5 Å². The van der Waals surface area contributed by atoms with Gasteiger partial charge in [-0.15, -0.1) is 0 Å². The molecule has 0 aliphatic heterocycles. The molecule has 0 spiro atoms. The molecule has 0 aromatic heterocycles. The fourth-order valence-electron chi connectivity index (χ4n) is 1.73. The minimum atomic E-state index is -4.32. The Morgan fingerprint density at radius 1 is 1.50 bits per heavy atom. The smallest absolute Gasteiger partial charge is 0.369 e. The van der Waals surface area contributed by atoms with E-state index in [1.54, 1.807) is 0 Å². The summed E-state index contributed by atoms with van der Waals surface area (Å²) in [6.07, 6.45) is -3.40. The Balaban J connectivity index is 2.69. The lowest BCUT2D eigenvalue weighted by molar-refractivity contribution is -0.162. The van der Waals surface area contributed by atoms with Gasteiger partial charge in [-0.05, 0) is 26.1 Å². The Labute approximate surface area is 115 Å². The van der Waals surface area contributed by atoms with Crippen molar-refractivity contribution in [2.75, 3.05) is 7.05 Å². The topological polar surface area (TPSA) is 81.4 Å². The molecule has 3 unspecified atom stereocenters. The van der Waals surface area contributed by atoms with Crippen molar-refractivity contribution < 1.29 is 26.3 Å². The SMILES string of the molecule is CNS(=O)(=O)C1=CC(N)C(OC(C)CC(F)(F)F)C=C1. The summed E-state index contributed by atoms with van der Waals surface area (Å²) in [5, 5.41) is 0. The van der Waals surface area contributed by atoms with Crippen molar-refractivity contribution in [1.29, 1.82) is 0 Å².